The first kappa shape index (κ1) is 16.9. The highest BCUT2D eigenvalue weighted by Gasteiger charge is 2.17. The molecule has 6 heteroatoms. The maximum absolute atomic E-state index is 11.1. The highest BCUT2D eigenvalue weighted by atomic mass is 79.9. The molecule has 1 aromatic rings. The lowest BCUT2D eigenvalue weighted by atomic mass is 10.1. The zero-order chi connectivity index (χ0) is 15.1. The van der Waals surface area contributed by atoms with Gasteiger partial charge in [-0.25, -0.2) is 4.79 Å². The maximum Gasteiger partial charge on any atom is 0.335 e. The minimum absolute atomic E-state index is 0.117. The summed E-state index contributed by atoms with van der Waals surface area (Å²) in [6.07, 6.45) is 0. The number of hydrogen-bond donors (Lipinski definition) is 1. The number of carboxylic acids is 1. The van der Waals surface area contributed by atoms with Crippen LogP contribution >= 0.6 is 15.9 Å². The van der Waals surface area contributed by atoms with Gasteiger partial charge in [-0.3, -0.25) is 0 Å². The zero-order valence-corrected chi connectivity index (χ0v) is 13.5. The lowest BCUT2D eigenvalue weighted by molar-refractivity contribution is 0.0697. The fourth-order valence-electron chi connectivity index (χ4n) is 1.99. The number of methoxy groups -OCH3 is 2. The summed E-state index contributed by atoms with van der Waals surface area (Å²) in [7, 11) is 3.29. The van der Waals surface area contributed by atoms with Gasteiger partial charge in [0.15, 0.2) is 0 Å². The molecule has 1 rings (SSSR count). The van der Waals surface area contributed by atoms with E-state index in [0.29, 0.717) is 19.8 Å². The van der Waals surface area contributed by atoms with Gasteiger partial charge in [-0.15, -0.1) is 0 Å². The van der Waals surface area contributed by atoms with Crippen molar-refractivity contribution in [2.45, 2.75) is 13.0 Å². The molecule has 1 aromatic carbocycles. The second kappa shape index (κ2) is 8.24. The van der Waals surface area contributed by atoms with E-state index in [0.717, 1.165) is 10.2 Å². The number of carbonyl (C=O) groups is 1. The quantitative estimate of drug-likeness (QED) is 0.784. The molecule has 0 amide bonds. The Morgan fingerprint density at radius 2 is 2.05 bits per heavy atom. The van der Waals surface area contributed by atoms with Crippen molar-refractivity contribution in [1.82, 2.24) is 0 Å². The number of nitrogens with zero attached hydrogens (tertiary/aromatic N) is 1. The molecule has 0 aliphatic rings. The molecule has 5 nitrogen and oxygen atoms in total. The van der Waals surface area contributed by atoms with Gasteiger partial charge in [0.2, 0.25) is 0 Å². The summed E-state index contributed by atoms with van der Waals surface area (Å²) >= 11 is 3.35. The van der Waals surface area contributed by atoms with Gasteiger partial charge < -0.3 is 19.5 Å². The summed E-state index contributed by atoms with van der Waals surface area (Å²) < 4.78 is 11.0. The van der Waals surface area contributed by atoms with Crippen LogP contribution in [0.25, 0.3) is 0 Å². The summed E-state index contributed by atoms with van der Waals surface area (Å²) in [5.74, 6) is -0.946. The van der Waals surface area contributed by atoms with Crippen LogP contribution in [0.2, 0.25) is 0 Å². The van der Waals surface area contributed by atoms with Crippen LogP contribution in [0, 0.1) is 0 Å². The normalized spacial score (nSPS) is 12.2. The number of ether oxygens (including phenoxy) is 2. The van der Waals surface area contributed by atoms with Crippen molar-refractivity contribution in [3.63, 3.8) is 0 Å². The molecule has 20 heavy (non-hydrogen) atoms. The van der Waals surface area contributed by atoms with Gasteiger partial charge in [0, 0.05) is 37.0 Å². The number of hydrogen-bond acceptors (Lipinski definition) is 4. The summed E-state index contributed by atoms with van der Waals surface area (Å²) in [5.41, 5.74) is 1.08. The van der Waals surface area contributed by atoms with Crippen LogP contribution in [0.15, 0.2) is 22.7 Å². The smallest absolute Gasteiger partial charge is 0.335 e. The highest BCUT2D eigenvalue weighted by Crippen LogP contribution is 2.24. The van der Waals surface area contributed by atoms with Gasteiger partial charge in [-0.05, 0) is 25.1 Å². The van der Waals surface area contributed by atoms with Crippen LogP contribution in [0.4, 0.5) is 5.69 Å². The van der Waals surface area contributed by atoms with E-state index in [4.69, 9.17) is 14.6 Å². The van der Waals surface area contributed by atoms with Gasteiger partial charge in [-0.2, -0.15) is 0 Å². The number of carboxylic acid groups (broad SMARTS) is 1. The molecule has 0 bridgehead atoms. The Labute approximate surface area is 127 Å². The van der Waals surface area contributed by atoms with Crippen molar-refractivity contribution in [2.75, 3.05) is 38.9 Å². The predicted molar refractivity (Wildman–Crippen MR) is 81.7 cm³/mol. The van der Waals surface area contributed by atoms with Crippen LogP contribution in [-0.4, -0.2) is 51.1 Å². The SMILES string of the molecule is COCCN(c1cc(Br)cc(C(=O)O)c1)C(C)COC. The first-order valence-corrected chi connectivity index (χ1v) is 7.07. The molecule has 0 saturated heterocycles. The number of halogens is 1. The van der Waals surface area contributed by atoms with E-state index < -0.39 is 5.97 Å². The van der Waals surface area contributed by atoms with Crippen molar-refractivity contribution in [3.05, 3.63) is 28.2 Å². The standard InChI is InChI=1S/C14H20BrNO4/c1-10(9-20-3)16(4-5-19-2)13-7-11(14(17)18)6-12(15)8-13/h6-8,10H,4-5,9H2,1-3H3,(H,17,18). The molecule has 1 N–H and O–H groups in total. The first-order valence-electron chi connectivity index (χ1n) is 6.28. The average molecular weight is 346 g/mol. The summed E-state index contributed by atoms with van der Waals surface area (Å²) in [4.78, 5) is 13.2. The summed E-state index contributed by atoms with van der Waals surface area (Å²) in [6, 6.07) is 5.26. The molecule has 0 heterocycles. The Hall–Kier alpha value is -1.11. The molecule has 0 aromatic heterocycles. The molecule has 1 atom stereocenters. The first-order chi connectivity index (χ1) is 9.49. The topological polar surface area (TPSA) is 59.0 Å². The minimum atomic E-state index is -0.946. The second-order valence-corrected chi connectivity index (χ2v) is 5.41. The Bertz CT molecular complexity index is 453. The molecule has 1 unspecified atom stereocenters. The third-order valence-corrected chi connectivity index (χ3v) is 3.40. The number of anilines is 1. The third kappa shape index (κ3) is 4.77. The molecule has 0 aliphatic heterocycles. The summed E-state index contributed by atoms with van der Waals surface area (Å²) in [5, 5.41) is 9.14. The van der Waals surface area contributed by atoms with E-state index in [2.05, 4.69) is 20.8 Å². The van der Waals surface area contributed by atoms with Crippen LogP contribution in [0.5, 0.6) is 0 Å². The van der Waals surface area contributed by atoms with E-state index in [1.807, 2.05) is 13.0 Å². The zero-order valence-electron chi connectivity index (χ0n) is 11.9. The Morgan fingerprint density at radius 3 is 2.60 bits per heavy atom. The lowest BCUT2D eigenvalue weighted by Crippen LogP contribution is -2.38. The Kier molecular flexibility index (Phi) is 6.98. The molecule has 0 saturated carbocycles. The van der Waals surface area contributed by atoms with Crippen molar-refractivity contribution in [1.29, 1.82) is 0 Å². The van der Waals surface area contributed by atoms with Crippen molar-refractivity contribution in [3.8, 4) is 0 Å². The van der Waals surface area contributed by atoms with Crippen molar-refractivity contribution < 1.29 is 19.4 Å². The molecule has 0 spiro atoms. The monoisotopic (exact) mass is 345 g/mol. The van der Waals surface area contributed by atoms with Gasteiger partial charge in [-0.1, -0.05) is 15.9 Å². The van der Waals surface area contributed by atoms with Gasteiger partial charge in [0.05, 0.1) is 18.8 Å². The number of aromatic carboxylic acids is 1. The molecular weight excluding hydrogens is 326 g/mol. The van der Waals surface area contributed by atoms with Crippen LogP contribution in [0.3, 0.4) is 0 Å². The van der Waals surface area contributed by atoms with Gasteiger partial charge in [0.1, 0.15) is 0 Å². The van der Waals surface area contributed by atoms with E-state index in [1.54, 1.807) is 26.4 Å². The second-order valence-electron chi connectivity index (χ2n) is 4.49. The molecular formula is C14H20BrNO4. The van der Waals surface area contributed by atoms with E-state index >= 15 is 0 Å². The van der Waals surface area contributed by atoms with E-state index in [9.17, 15) is 4.79 Å². The fraction of sp³-hybridized carbons (Fsp3) is 0.500. The fourth-order valence-corrected chi connectivity index (χ4v) is 2.47. The van der Waals surface area contributed by atoms with Crippen LogP contribution in [-0.2, 0) is 9.47 Å². The van der Waals surface area contributed by atoms with Crippen molar-refractivity contribution in [2.24, 2.45) is 0 Å². The van der Waals surface area contributed by atoms with E-state index in [-0.39, 0.29) is 11.6 Å². The van der Waals surface area contributed by atoms with Crippen LogP contribution in [0.1, 0.15) is 17.3 Å². The third-order valence-electron chi connectivity index (χ3n) is 2.94. The number of rotatable bonds is 8. The molecule has 112 valence electrons. The Balaban J connectivity index is 3.08. The van der Waals surface area contributed by atoms with Crippen LogP contribution < -0.4 is 4.90 Å². The largest absolute Gasteiger partial charge is 0.478 e. The minimum Gasteiger partial charge on any atom is -0.478 e. The predicted octanol–water partition coefficient (Wildman–Crippen LogP) is 2.64. The Morgan fingerprint density at radius 1 is 1.35 bits per heavy atom. The van der Waals surface area contributed by atoms with Gasteiger partial charge in [0.25, 0.3) is 0 Å². The molecule has 0 radical (unpaired) electrons. The molecule has 0 aliphatic carbocycles. The number of benzene rings is 1. The molecule has 0 fully saturated rings. The van der Waals surface area contributed by atoms with Gasteiger partial charge >= 0.3 is 5.97 Å². The highest BCUT2D eigenvalue weighted by molar-refractivity contribution is 9.10. The van der Waals surface area contributed by atoms with E-state index in [1.165, 1.54) is 0 Å². The maximum atomic E-state index is 11.1. The average Bonchev–Trinajstić information content (AvgIpc) is 2.38. The lowest BCUT2D eigenvalue weighted by Gasteiger charge is -2.31. The summed E-state index contributed by atoms with van der Waals surface area (Å²) in [6.45, 7) is 3.80. The van der Waals surface area contributed by atoms with Crippen molar-refractivity contribution >= 4 is 27.6 Å².